The van der Waals surface area contributed by atoms with Crippen molar-refractivity contribution in [2.75, 3.05) is 26.7 Å². The lowest BCUT2D eigenvalue weighted by atomic mass is 10.1. The number of halogens is 1. The lowest BCUT2D eigenvalue weighted by Gasteiger charge is -2.21. The number of thiophene rings is 1. The highest BCUT2D eigenvalue weighted by Gasteiger charge is 2.26. The van der Waals surface area contributed by atoms with Gasteiger partial charge >= 0.3 is 0 Å². The Kier molecular flexibility index (Phi) is 5.02. The molecule has 142 valence electrons. The number of carbonyl (C=O) groups excluding carboxylic acids is 1. The molecule has 0 bridgehead atoms. The van der Waals surface area contributed by atoms with Gasteiger partial charge in [-0.3, -0.25) is 9.69 Å². The molecule has 1 N–H and O–H groups in total. The molecule has 27 heavy (non-hydrogen) atoms. The van der Waals surface area contributed by atoms with Crippen LogP contribution in [-0.2, 0) is 6.54 Å². The number of likely N-dealkylation sites (tertiary alicyclic amines) is 1. The molecule has 3 heterocycles. The minimum Gasteiger partial charge on any atom is -0.360 e. The molecule has 0 radical (unpaired) electrons. The largest absolute Gasteiger partial charge is 0.360 e. The molecule has 1 aliphatic rings. The summed E-state index contributed by atoms with van der Waals surface area (Å²) in [5.41, 5.74) is 1.07. The predicted octanol–water partition coefficient (Wildman–Crippen LogP) is 4.27. The number of aryl methyl sites for hydroxylation is 1. The molecular formula is C21H24FN3OS. The van der Waals surface area contributed by atoms with Crippen molar-refractivity contribution in [1.29, 1.82) is 0 Å². The van der Waals surface area contributed by atoms with Crippen molar-refractivity contribution in [1.82, 2.24) is 14.8 Å². The number of hydrogen-bond donors (Lipinski definition) is 1. The molecule has 0 aliphatic carbocycles. The van der Waals surface area contributed by atoms with Crippen molar-refractivity contribution in [2.45, 2.75) is 19.9 Å². The molecule has 4 rings (SSSR count). The molecule has 2 aromatic heterocycles. The Balaban J connectivity index is 1.39. The highest BCUT2D eigenvalue weighted by molar-refractivity contribution is 7.11. The van der Waals surface area contributed by atoms with E-state index in [-0.39, 0.29) is 11.7 Å². The van der Waals surface area contributed by atoms with Crippen molar-refractivity contribution in [3.05, 3.63) is 57.7 Å². The summed E-state index contributed by atoms with van der Waals surface area (Å²) in [6.07, 6.45) is 2.71. The number of hydrogen-bond acceptors (Lipinski definition) is 3. The molecule has 0 spiro atoms. The fourth-order valence-corrected chi connectivity index (χ4v) is 4.91. The lowest BCUT2D eigenvalue weighted by Crippen LogP contribution is -2.33. The smallest absolute Gasteiger partial charge is 0.255 e. The Morgan fingerprint density at radius 3 is 3.00 bits per heavy atom. The first-order valence-electron chi connectivity index (χ1n) is 9.30. The first kappa shape index (κ1) is 18.2. The standard InChI is InChI=1S/C21H24FN3OS/c1-14-6-7-16(27-14)13-25-9-8-15(12-25)11-24(2)21(26)17-10-23-19-5-3-4-18(22)20(17)19/h3-7,10,15,23H,8-9,11-13H2,1-2H3. The van der Waals surface area contributed by atoms with E-state index in [1.165, 1.54) is 15.8 Å². The number of aromatic amines is 1. The Morgan fingerprint density at radius 1 is 1.37 bits per heavy atom. The minimum absolute atomic E-state index is 0.126. The van der Waals surface area contributed by atoms with Crippen LogP contribution in [0, 0.1) is 18.7 Å². The summed E-state index contributed by atoms with van der Waals surface area (Å²) >= 11 is 1.85. The first-order valence-corrected chi connectivity index (χ1v) is 10.1. The zero-order valence-corrected chi connectivity index (χ0v) is 16.5. The molecule has 1 amide bonds. The van der Waals surface area contributed by atoms with Gasteiger partial charge in [-0.2, -0.15) is 0 Å². The van der Waals surface area contributed by atoms with E-state index in [2.05, 4.69) is 28.9 Å². The van der Waals surface area contributed by atoms with Crippen LogP contribution in [0.2, 0.25) is 0 Å². The van der Waals surface area contributed by atoms with Crippen LogP contribution in [0.4, 0.5) is 4.39 Å². The van der Waals surface area contributed by atoms with E-state index in [1.54, 1.807) is 23.2 Å². The molecule has 4 nitrogen and oxygen atoms in total. The van der Waals surface area contributed by atoms with Gasteiger partial charge in [-0.05, 0) is 50.1 Å². The molecule has 6 heteroatoms. The summed E-state index contributed by atoms with van der Waals surface area (Å²) < 4.78 is 14.2. The average molecular weight is 386 g/mol. The summed E-state index contributed by atoms with van der Waals surface area (Å²) in [6, 6.07) is 9.20. The topological polar surface area (TPSA) is 39.3 Å². The maximum absolute atomic E-state index is 14.2. The fraction of sp³-hybridized carbons (Fsp3) is 0.381. The zero-order valence-electron chi connectivity index (χ0n) is 15.7. The third-order valence-corrected chi connectivity index (χ3v) is 6.29. The van der Waals surface area contributed by atoms with Crippen LogP contribution >= 0.6 is 11.3 Å². The molecule has 1 fully saturated rings. The average Bonchev–Trinajstić information content (AvgIpc) is 3.35. The molecule has 3 aromatic rings. The molecule has 1 saturated heterocycles. The van der Waals surface area contributed by atoms with E-state index in [9.17, 15) is 9.18 Å². The van der Waals surface area contributed by atoms with Crippen LogP contribution in [0.15, 0.2) is 36.5 Å². The van der Waals surface area contributed by atoms with Gasteiger partial charge in [0.05, 0.1) is 5.56 Å². The summed E-state index contributed by atoms with van der Waals surface area (Å²) in [4.78, 5) is 22.8. The van der Waals surface area contributed by atoms with E-state index in [1.807, 2.05) is 18.4 Å². The van der Waals surface area contributed by atoms with E-state index < -0.39 is 0 Å². The van der Waals surface area contributed by atoms with Gasteiger partial charge in [0.25, 0.3) is 5.91 Å². The Hall–Kier alpha value is -2.18. The van der Waals surface area contributed by atoms with Crippen molar-refractivity contribution in [3.63, 3.8) is 0 Å². The van der Waals surface area contributed by atoms with E-state index in [0.717, 1.165) is 26.1 Å². The number of rotatable bonds is 5. The minimum atomic E-state index is -0.358. The van der Waals surface area contributed by atoms with Crippen LogP contribution in [-0.4, -0.2) is 47.4 Å². The van der Waals surface area contributed by atoms with Crippen molar-refractivity contribution < 1.29 is 9.18 Å². The van der Waals surface area contributed by atoms with Crippen LogP contribution in [0.25, 0.3) is 10.9 Å². The van der Waals surface area contributed by atoms with Gasteiger partial charge < -0.3 is 9.88 Å². The van der Waals surface area contributed by atoms with Gasteiger partial charge in [0.1, 0.15) is 5.82 Å². The second-order valence-electron chi connectivity index (χ2n) is 7.45. The first-order chi connectivity index (χ1) is 13.0. The monoisotopic (exact) mass is 385 g/mol. The number of nitrogens with one attached hydrogen (secondary N) is 1. The third-order valence-electron chi connectivity index (χ3n) is 5.31. The normalized spacial score (nSPS) is 17.7. The van der Waals surface area contributed by atoms with Gasteiger partial charge in [-0.15, -0.1) is 11.3 Å². The quantitative estimate of drug-likeness (QED) is 0.712. The SMILES string of the molecule is Cc1ccc(CN2CCC(CN(C)C(=O)c3c[nH]c4cccc(F)c34)C2)s1. The summed E-state index contributed by atoms with van der Waals surface area (Å²) in [5, 5.41) is 0.385. The second kappa shape index (κ2) is 7.44. The van der Waals surface area contributed by atoms with Crippen LogP contribution in [0.5, 0.6) is 0 Å². The number of nitrogens with zero attached hydrogens (tertiary/aromatic N) is 2. The highest BCUT2D eigenvalue weighted by atomic mass is 32.1. The molecule has 1 aliphatic heterocycles. The molecule has 1 unspecified atom stereocenters. The van der Waals surface area contributed by atoms with Crippen molar-refractivity contribution in [3.8, 4) is 0 Å². The summed E-state index contributed by atoms with van der Waals surface area (Å²) in [5.74, 6) is -0.0301. The van der Waals surface area contributed by atoms with Gasteiger partial charge in [0.2, 0.25) is 0 Å². The number of amides is 1. The molecular weight excluding hydrogens is 361 g/mol. The predicted molar refractivity (Wildman–Crippen MR) is 108 cm³/mol. The van der Waals surface area contributed by atoms with Crippen LogP contribution < -0.4 is 0 Å². The van der Waals surface area contributed by atoms with Gasteiger partial charge in [0.15, 0.2) is 0 Å². The number of aromatic nitrogens is 1. The molecule has 0 saturated carbocycles. The maximum Gasteiger partial charge on any atom is 0.255 e. The second-order valence-corrected chi connectivity index (χ2v) is 8.83. The maximum atomic E-state index is 14.2. The lowest BCUT2D eigenvalue weighted by molar-refractivity contribution is 0.0775. The van der Waals surface area contributed by atoms with Gasteiger partial charge in [0, 0.05) is 53.5 Å². The van der Waals surface area contributed by atoms with Crippen LogP contribution in [0.3, 0.4) is 0 Å². The van der Waals surface area contributed by atoms with Crippen molar-refractivity contribution in [2.24, 2.45) is 5.92 Å². The number of carbonyl (C=O) groups is 1. The summed E-state index contributed by atoms with van der Waals surface area (Å²) in [6.45, 7) is 5.87. The van der Waals surface area contributed by atoms with Crippen LogP contribution in [0.1, 0.15) is 26.5 Å². The van der Waals surface area contributed by atoms with Crippen molar-refractivity contribution >= 4 is 28.1 Å². The highest BCUT2D eigenvalue weighted by Crippen LogP contribution is 2.25. The Bertz CT molecular complexity index is 963. The number of H-pyrrole nitrogens is 1. The Morgan fingerprint density at radius 2 is 2.22 bits per heavy atom. The fourth-order valence-electron chi connectivity index (χ4n) is 3.98. The number of benzene rings is 1. The summed E-state index contributed by atoms with van der Waals surface area (Å²) in [7, 11) is 1.81. The van der Waals surface area contributed by atoms with Gasteiger partial charge in [-0.1, -0.05) is 6.07 Å². The third kappa shape index (κ3) is 3.77. The molecule has 1 aromatic carbocycles. The van der Waals surface area contributed by atoms with E-state index in [0.29, 0.717) is 28.9 Å². The zero-order chi connectivity index (χ0) is 19.0. The van der Waals surface area contributed by atoms with E-state index in [4.69, 9.17) is 0 Å². The van der Waals surface area contributed by atoms with E-state index >= 15 is 0 Å². The molecule has 1 atom stereocenters. The number of fused-ring (bicyclic) bond motifs is 1. The Labute approximate surface area is 162 Å². The van der Waals surface area contributed by atoms with Gasteiger partial charge in [-0.25, -0.2) is 4.39 Å².